The van der Waals surface area contributed by atoms with E-state index in [2.05, 4.69) is 45.2 Å². The molecule has 0 N–H and O–H groups in total. The van der Waals surface area contributed by atoms with E-state index in [0.29, 0.717) is 24.2 Å². The van der Waals surface area contributed by atoms with Gasteiger partial charge < -0.3 is 4.74 Å². The van der Waals surface area contributed by atoms with Gasteiger partial charge in [-0.2, -0.15) is 4.98 Å². The minimum Gasteiger partial charge on any atom is -0.476 e. The molecule has 1 aliphatic rings. The van der Waals surface area contributed by atoms with E-state index in [-0.39, 0.29) is 5.82 Å². The maximum Gasteiger partial charge on any atom is 0.217 e. The van der Waals surface area contributed by atoms with Crippen molar-refractivity contribution in [3.05, 3.63) is 77.7 Å². The molecule has 0 spiro atoms. The number of hydrogen-bond acceptors (Lipinski definition) is 4. The Morgan fingerprint density at radius 1 is 1.00 bits per heavy atom. The third-order valence-corrected chi connectivity index (χ3v) is 5.45. The second-order valence-corrected chi connectivity index (χ2v) is 7.55. The minimum absolute atomic E-state index is 0.270. The van der Waals surface area contributed by atoms with Crippen LogP contribution >= 0.6 is 0 Å². The van der Waals surface area contributed by atoms with Gasteiger partial charge in [-0.25, -0.2) is 9.37 Å². The van der Waals surface area contributed by atoms with E-state index in [9.17, 15) is 4.39 Å². The molecule has 0 saturated carbocycles. The summed E-state index contributed by atoms with van der Waals surface area (Å²) in [4.78, 5) is 11.4. The summed E-state index contributed by atoms with van der Waals surface area (Å²) in [5, 5.41) is 0. The summed E-state index contributed by atoms with van der Waals surface area (Å²) in [5.74, 6) is 1.52. The monoisotopic (exact) mass is 391 g/mol. The Morgan fingerprint density at radius 3 is 2.45 bits per heavy atom. The van der Waals surface area contributed by atoms with Gasteiger partial charge in [-0.05, 0) is 68.6 Å². The van der Waals surface area contributed by atoms with Crippen LogP contribution in [0.15, 0.2) is 60.7 Å². The van der Waals surface area contributed by atoms with Crippen molar-refractivity contribution in [3.8, 4) is 17.3 Å². The summed E-state index contributed by atoms with van der Waals surface area (Å²) in [6.45, 7) is 5.57. The number of hydrogen-bond donors (Lipinski definition) is 0. The Bertz CT molecular complexity index is 923. The molecule has 0 bridgehead atoms. The van der Waals surface area contributed by atoms with Gasteiger partial charge in [0.05, 0.1) is 0 Å². The zero-order chi connectivity index (χ0) is 20.1. The van der Waals surface area contributed by atoms with Crippen molar-refractivity contribution >= 4 is 0 Å². The number of ether oxygens (including phenoxy) is 1. The summed E-state index contributed by atoms with van der Waals surface area (Å²) >= 11 is 0. The van der Waals surface area contributed by atoms with E-state index >= 15 is 0 Å². The molecule has 29 heavy (non-hydrogen) atoms. The van der Waals surface area contributed by atoms with Crippen LogP contribution in [0.2, 0.25) is 0 Å². The smallest absolute Gasteiger partial charge is 0.217 e. The van der Waals surface area contributed by atoms with Crippen molar-refractivity contribution in [1.29, 1.82) is 0 Å². The molecule has 0 aliphatic carbocycles. The van der Waals surface area contributed by atoms with Crippen LogP contribution in [0.5, 0.6) is 5.88 Å². The van der Waals surface area contributed by atoms with Gasteiger partial charge in [0.25, 0.3) is 0 Å². The molecular formula is C24H26FN3O. The maximum absolute atomic E-state index is 13.2. The van der Waals surface area contributed by atoms with Gasteiger partial charge >= 0.3 is 0 Å². The lowest BCUT2D eigenvalue weighted by Crippen LogP contribution is -2.35. The summed E-state index contributed by atoms with van der Waals surface area (Å²) < 4.78 is 19.1. The quantitative estimate of drug-likeness (QED) is 0.602. The van der Waals surface area contributed by atoms with Gasteiger partial charge in [0.1, 0.15) is 12.4 Å². The van der Waals surface area contributed by atoms with E-state index in [4.69, 9.17) is 4.74 Å². The molecule has 1 aromatic heterocycles. The first-order valence-electron chi connectivity index (χ1n) is 10.2. The molecule has 1 aliphatic heterocycles. The van der Waals surface area contributed by atoms with Gasteiger partial charge in [-0.3, -0.25) is 4.90 Å². The Morgan fingerprint density at radius 2 is 1.72 bits per heavy atom. The lowest BCUT2D eigenvalue weighted by Gasteiger charge is -2.32. The number of aromatic nitrogens is 2. The van der Waals surface area contributed by atoms with Gasteiger partial charge in [0.2, 0.25) is 5.88 Å². The van der Waals surface area contributed by atoms with Crippen molar-refractivity contribution in [3.63, 3.8) is 0 Å². The van der Waals surface area contributed by atoms with Gasteiger partial charge in [-0.15, -0.1) is 0 Å². The number of halogens is 1. The third kappa shape index (κ3) is 5.18. The zero-order valence-corrected chi connectivity index (χ0v) is 16.7. The Hall–Kier alpha value is -2.79. The zero-order valence-electron chi connectivity index (χ0n) is 16.7. The number of rotatable bonds is 6. The molecule has 4 rings (SSSR count). The van der Waals surface area contributed by atoms with Crippen LogP contribution in [-0.2, 0) is 0 Å². The molecule has 0 amide bonds. The van der Waals surface area contributed by atoms with Crippen LogP contribution in [0.1, 0.15) is 30.0 Å². The van der Waals surface area contributed by atoms with Crippen LogP contribution < -0.4 is 4.74 Å². The van der Waals surface area contributed by atoms with Crippen molar-refractivity contribution < 1.29 is 9.13 Å². The molecular weight excluding hydrogens is 365 g/mol. The van der Waals surface area contributed by atoms with Crippen LogP contribution in [0.25, 0.3) is 11.4 Å². The number of nitrogens with zero attached hydrogens (tertiary/aromatic N) is 3. The summed E-state index contributed by atoms with van der Waals surface area (Å²) in [7, 11) is 0. The minimum atomic E-state index is -0.270. The molecule has 150 valence electrons. The van der Waals surface area contributed by atoms with Gasteiger partial charge in [-0.1, -0.05) is 30.3 Å². The van der Waals surface area contributed by atoms with E-state index in [1.54, 1.807) is 12.1 Å². The second kappa shape index (κ2) is 9.14. The predicted molar refractivity (Wildman–Crippen MR) is 113 cm³/mol. The highest BCUT2D eigenvalue weighted by Crippen LogP contribution is 2.27. The highest BCUT2D eigenvalue weighted by molar-refractivity contribution is 5.55. The number of piperidine rings is 1. The average Bonchev–Trinajstić information content (AvgIpc) is 2.75. The molecule has 1 fully saturated rings. The summed E-state index contributed by atoms with van der Waals surface area (Å²) in [5.41, 5.74) is 3.06. The molecule has 3 aromatic rings. The highest BCUT2D eigenvalue weighted by atomic mass is 19.1. The first-order valence-corrected chi connectivity index (χ1v) is 10.2. The van der Waals surface area contributed by atoms with Gasteiger partial charge in [0, 0.05) is 23.9 Å². The number of aryl methyl sites for hydroxylation is 1. The van der Waals surface area contributed by atoms with E-state index < -0.39 is 0 Å². The molecule has 2 heterocycles. The molecule has 1 saturated heterocycles. The topological polar surface area (TPSA) is 38.2 Å². The van der Waals surface area contributed by atoms with Crippen molar-refractivity contribution in [2.24, 2.45) is 0 Å². The SMILES string of the molecule is Cc1cc(OCCN2CCC(c3ccccc3)CC2)nc(-c2ccc(F)cc2)n1. The summed E-state index contributed by atoms with van der Waals surface area (Å²) in [6.07, 6.45) is 2.37. The lowest BCUT2D eigenvalue weighted by atomic mass is 9.89. The maximum atomic E-state index is 13.2. The van der Waals surface area contributed by atoms with Crippen LogP contribution in [0.4, 0.5) is 4.39 Å². The lowest BCUT2D eigenvalue weighted by molar-refractivity contribution is 0.171. The number of likely N-dealkylation sites (tertiary alicyclic amines) is 1. The molecule has 0 unspecified atom stereocenters. The standard InChI is InChI=1S/C24H26FN3O/c1-18-17-23(27-24(26-18)21-7-9-22(25)10-8-21)29-16-15-28-13-11-20(12-14-28)19-5-3-2-4-6-19/h2-10,17,20H,11-16H2,1H3. The Balaban J connectivity index is 1.29. The second-order valence-electron chi connectivity index (χ2n) is 7.55. The van der Waals surface area contributed by atoms with E-state index in [0.717, 1.165) is 30.9 Å². The normalized spacial score (nSPS) is 15.4. The average molecular weight is 391 g/mol. The van der Waals surface area contributed by atoms with Crippen LogP contribution in [-0.4, -0.2) is 41.1 Å². The first kappa shape index (κ1) is 19.5. The fourth-order valence-corrected chi connectivity index (χ4v) is 3.84. The van der Waals surface area contributed by atoms with Crippen molar-refractivity contribution in [2.75, 3.05) is 26.2 Å². The molecule has 5 heteroatoms. The van der Waals surface area contributed by atoms with E-state index in [1.165, 1.54) is 30.5 Å². The summed E-state index contributed by atoms with van der Waals surface area (Å²) in [6, 6.07) is 18.8. The third-order valence-electron chi connectivity index (χ3n) is 5.45. The fourth-order valence-electron chi connectivity index (χ4n) is 3.84. The molecule has 0 atom stereocenters. The highest BCUT2D eigenvalue weighted by Gasteiger charge is 2.20. The molecule has 2 aromatic carbocycles. The largest absolute Gasteiger partial charge is 0.476 e. The van der Waals surface area contributed by atoms with Crippen molar-refractivity contribution in [1.82, 2.24) is 14.9 Å². The van der Waals surface area contributed by atoms with Crippen molar-refractivity contribution in [2.45, 2.75) is 25.7 Å². The Labute approximate surface area is 171 Å². The van der Waals surface area contributed by atoms with E-state index in [1.807, 2.05) is 13.0 Å². The van der Waals surface area contributed by atoms with Gasteiger partial charge in [0.15, 0.2) is 5.82 Å². The number of benzene rings is 2. The molecule has 4 nitrogen and oxygen atoms in total. The Kier molecular flexibility index (Phi) is 6.15. The van der Waals surface area contributed by atoms with Crippen LogP contribution in [0, 0.1) is 12.7 Å². The fraction of sp³-hybridized carbons (Fsp3) is 0.333. The molecule has 0 radical (unpaired) electrons. The first-order chi connectivity index (χ1) is 14.2. The van der Waals surface area contributed by atoms with Crippen LogP contribution in [0.3, 0.4) is 0 Å². The predicted octanol–water partition coefficient (Wildman–Crippen LogP) is 4.85.